The fourth-order valence-electron chi connectivity index (χ4n) is 1.62. The topological polar surface area (TPSA) is 119 Å². The molecule has 0 aliphatic rings. The average molecular weight is 230 g/mol. The summed E-state index contributed by atoms with van der Waals surface area (Å²) in [5.41, 5.74) is 6.19. The first-order valence-corrected chi connectivity index (χ1v) is 4.66. The lowest BCUT2D eigenvalue weighted by Gasteiger charge is -2.02. The van der Waals surface area contributed by atoms with Crippen molar-refractivity contribution in [1.29, 1.82) is 0 Å². The molecule has 8 nitrogen and oxygen atoms in total. The van der Waals surface area contributed by atoms with Crippen LogP contribution in [0.4, 0.5) is 5.82 Å². The first kappa shape index (κ1) is 9.46. The van der Waals surface area contributed by atoms with Gasteiger partial charge in [0.05, 0.1) is 11.7 Å². The van der Waals surface area contributed by atoms with Gasteiger partial charge in [-0.1, -0.05) is 5.21 Å². The van der Waals surface area contributed by atoms with Crippen molar-refractivity contribution in [2.24, 2.45) is 0 Å². The lowest BCUT2D eigenvalue weighted by atomic mass is 10.3. The van der Waals surface area contributed by atoms with E-state index in [1.165, 1.54) is 10.7 Å². The molecule has 0 aromatic carbocycles. The van der Waals surface area contributed by atoms with Crippen molar-refractivity contribution in [3.8, 4) is 0 Å². The van der Waals surface area contributed by atoms with Gasteiger partial charge in [-0.25, -0.2) is 9.78 Å². The van der Waals surface area contributed by atoms with Crippen molar-refractivity contribution in [3.63, 3.8) is 0 Å². The predicted molar refractivity (Wildman–Crippen MR) is 57.5 cm³/mol. The number of nitrogens with zero attached hydrogens (tertiary/aromatic N) is 5. The van der Waals surface area contributed by atoms with Crippen LogP contribution in [-0.4, -0.2) is 35.9 Å². The summed E-state index contributed by atoms with van der Waals surface area (Å²) in [4.78, 5) is 18.8. The Balaban J connectivity index is 2.54. The van der Waals surface area contributed by atoms with Crippen LogP contribution in [0.25, 0.3) is 16.6 Å². The first-order valence-electron chi connectivity index (χ1n) is 4.66. The highest BCUT2D eigenvalue weighted by molar-refractivity contribution is 5.96. The standard InChI is InChI=1S/C9H6N6O2/c10-7-4-1-2-11-3-5(4)15-8(12-7)6(9(16)17)13-14-15/h1-3H,(H2,10,12)(H,16,17). The first-order chi connectivity index (χ1) is 8.18. The molecule has 0 fully saturated rings. The summed E-state index contributed by atoms with van der Waals surface area (Å²) in [5, 5.41) is 16.9. The molecule has 0 bridgehead atoms. The Labute approximate surface area is 93.7 Å². The van der Waals surface area contributed by atoms with Crippen LogP contribution in [0.5, 0.6) is 0 Å². The van der Waals surface area contributed by atoms with Gasteiger partial charge in [-0.15, -0.1) is 5.10 Å². The van der Waals surface area contributed by atoms with Crippen molar-refractivity contribution in [2.45, 2.75) is 0 Å². The van der Waals surface area contributed by atoms with Gasteiger partial charge in [0.15, 0.2) is 5.65 Å². The highest BCUT2D eigenvalue weighted by Gasteiger charge is 2.17. The summed E-state index contributed by atoms with van der Waals surface area (Å²) in [6, 6.07) is 1.68. The zero-order valence-corrected chi connectivity index (χ0v) is 8.40. The van der Waals surface area contributed by atoms with E-state index in [1.54, 1.807) is 12.3 Å². The second kappa shape index (κ2) is 3.11. The number of fused-ring (bicyclic) bond motifs is 3. The number of aromatic nitrogens is 5. The Morgan fingerprint density at radius 1 is 1.47 bits per heavy atom. The number of carboxylic acids is 1. The molecule has 0 atom stereocenters. The molecule has 3 N–H and O–H groups in total. The van der Waals surface area contributed by atoms with Gasteiger partial charge in [-0.3, -0.25) is 4.98 Å². The zero-order chi connectivity index (χ0) is 12.0. The van der Waals surface area contributed by atoms with E-state index >= 15 is 0 Å². The number of nitrogens with two attached hydrogens (primary N) is 1. The van der Waals surface area contributed by atoms with Crippen molar-refractivity contribution < 1.29 is 9.90 Å². The van der Waals surface area contributed by atoms with Crippen LogP contribution in [-0.2, 0) is 0 Å². The number of carboxylic acid groups (broad SMARTS) is 1. The second-order valence-corrected chi connectivity index (χ2v) is 3.37. The molecule has 0 amide bonds. The van der Waals surface area contributed by atoms with Crippen molar-refractivity contribution >= 4 is 28.3 Å². The van der Waals surface area contributed by atoms with E-state index in [4.69, 9.17) is 10.8 Å². The molecule has 0 aliphatic carbocycles. The van der Waals surface area contributed by atoms with E-state index in [1.807, 2.05) is 0 Å². The number of hydrogen-bond donors (Lipinski definition) is 2. The number of pyridine rings is 1. The largest absolute Gasteiger partial charge is 0.476 e. The minimum atomic E-state index is -1.20. The molecule has 3 aromatic rings. The van der Waals surface area contributed by atoms with E-state index in [0.717, 1.165) is 0 Å². The van der Waals surface area contributed by atoms with E-state index in [9.17, 15) is 4.79 Å². The number of anilines is 1. The molecule has 0 unspecified atom stereocenters. The molecule has 3 aromatic heterocycles. The monoisotopic (exact) mass is 230 g/mol. The van der Waals surface area contributed by atoms with Crippen molar-refractivity contribution in [3.05, 3.63) is 24.2 Å². The Morgan fingerprint density at radius 2 is 2.29 bits per heavy atom. The van der Waals surface area contributed by atoms with E-state index in [-0.39, 0.29) is 17.2 Å². The molecule has 3 rings (SSSR count). The zero-order valence-electron chi connectivity index (χ0n) is 8.40. The third kappa shape index (κ3) is 1.20. The van der Waals surface area contributed by atoms with Crippen LogP contribution in [0.2, 0.25) is 0 Å². The number of hydrogen-bond acceptors (Lipinski definition) is 6. The summed E-state index contributed by atoms with van der Waals surface area (Å²) in [6.45, 7) is 0. The molecule has 0 saturated heterocycles. The van der Waals surface area contributed by atoms with Crippen molar-refractivity contribution in [1.82, 2.24) is 24.8 Å². The van der Waals surface area contributed by atoms with Gasteiger partial charge in [0.25, 0.3) is 0 Å². The third-order valence-corrected chi connectivity index (χ3v) is 2.38. The quantitative estimate of drug-likeness (QED) is 0.601. The molecule has 0 saturated carbocycles. The Hall–Kier alpha value is -2.77. The maximum Gasteiger partial charge on any atom is 0.360 e. The second-order valence-electron chi connectivity index (χ2n) is 3.37. The van der Waals surface area contributed by atoms with E-state index < -0.39 is 5.97 Å². The molecular weight excluding hydrogens is 224 g/mol. The fraction of sp³-hybridized carbons (Fsp3) is 0. The summed E-state index contributed by atoms with van der Waals surface area (Å²) in [5.74, 6) is -0.977. The molecule has 0 aliphatic heterocycles. The summed E-state index contributed by atoms with van der Waals surface area (Å²) in [6.07, 6.45) is 3.10. The Bertz CT molecular complexity index is 750. The van der Waals surface area contributed by atoms with Crippen LogP contribution < -0.4 is 5.73 Å². The number of nitrogen functional groups attached to an aromatic ring is 1. The predicted octanol–water partition coefficient (Wildman–Crippen LogP) is -0.0471. The van der Waals surface area contributed by atoms with Crippen molar-refractivity contribution in [2.75, 3.05) is 5.73 Å². The molecule has 84 valence electrons. The highest BCUT2D eigenvalue weighted by atomic mass is 16.4. The van der Waals surface area contributed by atoms with Crippen LogP contribution in [0.1, 0.15) is 10.5 Å². The van der Waals surface area contributed by atoms with Gasteiger partial charge in [0.2, 0.25) is 5.69 Å². The average Bonchev–Trinajstić information content (AvgIpc) is 2.73. The van der Waals surface area contributed by atoms with Gasteiger partial charge in [-0.05, 0) is 6.07 Å². The Kier molecular flexibility index (Phi) is 1.73. The minimum Gasteiger partial charge on any atom is -0.476 e. The molecular formula is C9H6N6O2. The van der Waals surface area contributed by atoms with Gasteiger partial charge in [0, 0.05) is 11.6 Å². The minimum absolute atomic E-state index is 0.107. The normalized spacial score (nSPS) is 11.1. The molecule has 0 radical (unpaired) electrons. The van der Waals surface area contributed by atoms with Gasteiger partial charge >= 0.3 is 5.97 Å². The summed E-state index contributed by atoms with van der Waals surface area (Å²) < 4.78 is 1.31. The van der Waals surface area contributed by atoms with Gasteiger partial charge in [0.1, 0.15) is 5.82 Å². The fourth-order valence-corrected chi connectivity index (χ4v) is 1.62. The smallest absolute Gasteiger partial charge is 0.360 e. The molecule has 3 heterocycles. The molecule has 8 heteroatoms. The SMILES string of the molecule is Nc1nc2c(C(=O)O)nnn2c2cnccc12. The summed E-state index contributed by atoms with van der Waals surface area (Å²) >= 11 is 0. The highest BCUT2D eigenvalue weighted by Crippen LogP contribution is 2.20. The van der Waals surface area contributed by atoms with Crippen LogP contribution in [0.3, 0.4) is 0 Å². The maximum atomic E-state index is 10.9. The number of aromatic carboxylic acids is 1. The van der Waals surface area contributed by atoms with E-state index in [2.05, 4.69) is 20.3 Å². The number of carbonyl (C=O) groups is 1. The lowest BCUT2D eigenvalue weighted by Crippen LogP contribution is -2.02. The maximum absolute atomic E-state index is 10.9. The van der Waals surface area contributed by atoms with Crippen LogP contribution >= 0.6 is 0 Å². The van der Waals surface area contributed by atoms with Gasteiger partial charge < -0.3 is 10.8 Å². The molecule has 17 heavy (non-hydrogen) atoms. The number of rotatable bonds is 1. The molecule has 0 spiro atoms. The van der Waals surface area contributed by atoms with E-state index in [0.29, 0.717) is 10.9 Å². The Morgan fingerprint density at radius 3 is 3.06 bits per heavy atom. The van der Waals surface area contributed by atoms with Crippen LogP contribution in [0, 0.1) is 0 Å². The third-order valence-electron chi connectivity index (χ3n) is 2.38. The lowest BCUT2D eigenvalue weighted by molar-refractivity contribution is 0.0692. The van der Waals surface area contributed by atoms with Gasteiger partial charge in [-0.2, -0.15) is 4.52 Å². The van der Waals surface area contributed by atoms with Crippen LogP contribution in [0.15, 0.2) is 18.5 Å². The summed E-state index contributed by atoms with van der Waals surface area (Å²) in [7, 11) is 0.